The van der Waals surface area contributed by atoms with Gasteiger partial charge >= 0.3 is 0 Å². The summed E-state index contributed by atoms with van der Waals surface area (Å²) in [5, 5.41) is 12.9. The van der Waals surface area contributed by atoms with E-state index in [1.165, 1.54) is 18.9 Å². The summed E-state index contributed by atoms with van der Waals surface area (Å²) in [6, 6.07) is 5.61. The van der Waals surface area contributed by atoms with Crippen LogP contribution in [0.2, 0.25) is 0 Å². The van der Waals surface area contributed by atoms with Crippen LogP contribution < -0.4 is 10.2 Å². The van der Waals surface area contributed by atoms with E-state index in [1.807, 2.05) is 11.0 Å². The molecule has 0 aromatic heterocycles. The Balaban J connectivity index is 1.84. The maximum absolute atomic E-state index is 14.3. The summed E-state index contributed by atoms with van der Waals surface area (Å²) in [7, 11) is 0. The molecule has 1 atom stereocenters. The highest BCUT2D eigenvalue weighted by atomic mass is 19.1. The number of anilines is 1. The Labute approximate surface area is 118 Å². The molecule has 1 aliphatic heterocycles. The van der Waals surface area contributed by atoms with Gasteiger partial charge in [0.15, 0.2) is 0 Å². The number of aliphatic hydroxyl groups is 1. The first-order chi connectivity index (χ1) is 9.79. The Morgan fingerprint density at radius 3 is 3.00 bits per heavy atom. The third-order valence-electron chi connectivity index (χ3n) is 3.95. The van der Waals surface area contributed by atoms with Crippen molar-refractivity contribution in [3.8, 4) is 0 Å². The van der Waals surface area contributed by atoms with E-state index in [9.17, 15) is 9.50 Å². The van der Waals surface area contributed by atoms with Crippen molar-refractivity contribution in [2.45, 2.75) is 31.5 Å². The number of para-hydroxylation sites is 1. The minimum Gasteiger partial charge on any atom is -0.394 e. The summed E-state index contributed by atoms with van der Waals surface area (Å²) in [6.07, 6.45) is 2.42. The average Bonchev–Trinajstić information content (AvgIpc) is 3.29. The van der Waals surface area contributed by atoms with Crippen LogP contribution in [-0.2, 0) is 11.3 Å². The predicted octanol–water partition coefficient (Wildman–Crippen LogP) is 1.28. The first-order valence-electron chi connectivity index (χ1n) is 7.25. The molecular formula is C15H21FN2O2. The van der Waals surface area contributed by atoms with Gasteiger partial charge in [0.1, 0.15) is 5.82 Å². The van der Waals surface area contributed by atoms with E-state index in [4.69, 9.17) is 4.74 Å². The van der Waals surface area contributed by atoms with Gasteiger partial charge in [-0.25, -0.2) is 4.39 Å². The summed E-state index contributed by atoms with van der Waals surface area (Å²) in [6.45, 7) is 2.28. The Morgan fingerprint density at radius 2 is 2.25 bits per heavy atom. The van der Waals surface area contributed by atoms with E-state index in [-0.39, 0.29) is 18.5 Å². The molecule has 1 saturated carbocycles. The molecule has 1 aromatic carbocycles. The van der Waals surface area contributed by atoms with Crippen molar-refractivity contribution in [2.75, 3.05) is 31.3 Å². The summed E-state index contributed by atoms with van der Waals surface area (Å²) >= 11 is 0. The van der Waals surface area contributed by atoms with Gasteiger partial charge in [-0.15, -0.1) is 0 Å². The summed E-state index contributed by atoms with van der Waals surface area (Å²) in [5.41, 5.74) is 1.57. The van der Waals surface area contributed by atoms with Gasteiger partial charge < -0.3 is 20.1 Å². The highest BCUT2D eigenvalue weighted by Crippen LogP contribution is 2.29. The molecule has 0 bridgehead atoms. The Kier molecular flexibility index (Phi) is 4.19. The lowest BCUT2D eigenvalue weighted by atomic mass is 10.1. The minimum absolute atomic E-state index is 0.0240. The zero-order valence-corrected chi connectivity index (χ0v) is 11.5. The molecule has 2 aliphatic rings. The van der Waals surface area contributed by atoms with Crippen LogP contribution in [0.25, 0.3) is 0 Å². The van der Waals surface area contributed by atoms with Crippen molar-refractivity contribution >= 4 is 5.69 Å². The molecule has 1 aromatic rings. The smallest absolute Gasteiger partial charge is 0.146 e. The van der Waals surface area contributed by atoms with Crippen molar-refractivity contribution in [3.05, 3.63) is 29.6 Å². The third-order valence-corrected chi connectivity index (χ3v) is 3.95. The SMILES string of the molecule is OCC1COCCN1c1c(F)cccc1CNC1CC1. The lowest BCUT2D eigenvalue weighted by Crippen LogP contribution is -2.48. The zero-order valence-electron chi connectivity index (χ0n) is 11.5. The van der Waals surface area contributed by atoms with Crippen molar-refractivity contribution < 1.29 is 14.2 Å². The number of nitrogens with one attached hydrogen (secondary N) is 1. The highest BCUT2D eigenvalue weighted by molar-refractivity contribution is 5.56. The van der Waals surface area contributed by atoms with Crippen molar-refractivity contribution in [2.24, 2.45) is 0 Å². The summed E-state index contributed by atoms with van der Waals surface area (Å²) in [4.78, 5) is 1.95. The monoisotopic (exact) mass is 280 g/mol. The van der Waals surface area contributed by atoms with E-state index < -0.39 is 0 Å². The number of aliphatic hydroxyl groups excluding tert-OH is 1. The van der Waals surface area contributed by atoms with Crippen LogP contribution in [0.3, 0.4) is 0 Å². The van der Waals surface area contributed by atoms with E-state index >= 15 is 0 Å². The molecule has 2 N–H and O–H groups in total. The summed E-state index contributed by atoms with van der Waals surface area (Å²) in [5.74, 6) is -0.222. The fourth-order valence-corrected chi connectivity index (χ4v) is 2.67. The van der Waals surface area contributed by atoms with Crippen LogP contribution in [0.5, 0.6) is 0 Å². The summed E-state index contributed by atoms with van der Waals surface area (Å²) < 4.78 is 19.7. The van der Waals surface area contributed by atoms with E-state index in [0.29, 0.717) is 38.0 Å². The molecule has 2 fully saturated rings. The third kappa shape index (κ3) is 2.95. The molecule has 1 unspecified atom stereocenters. The average molecular weight is 280 g/mol. The predicted molar refractivity (Wildman–Crippen MR) is 75.3 cm³/mol. The van der Waals surface area contributed by atoms with E-state index in [2.05, 4.69) is 5.32 Å². The van der Waals surface area contributed by atoms with Crippen LogP contribution in [0.15, 0.2) is 18.2 Å². The molecule has 0 spiro atoms. The van der Waals surface area contributed by atoms with Gasteiger partial charge in [-0.1, -0.05) is 12.1 Å². The van der Waals surface area contributed by atoms with Gasteiger partial charge in [0.05, 0.1) is 31.5 Å². The lowest BCUT2D eigenvalue weighted by molar-refractivity contribution is 0.0722. The highest BCUT2D eigenvalue weighted by Gasteiger charge is 2.27. The molecular weight excluding hydrogens is 259 g/mol. The van der Waals surface area contributed by atoms with Gasteiger partial charge in [0.2, 0.25) is 0 Å². The molecule has 1 heterocycles. The molecule has 110 valence electrons. The van der Waals surface area contributed by atoms with Crippen LogP contribution in [0, 0.1) is 5.82 Å². The van der Waals surface area contributed by atoms with Crippen molar-refractivity contribution in [1.82, 2.24) is 5.32 Å². The number of halogens is 1. The standard InChI is InChI=1S/C15H21FN2O2/c16-14-3-1-2-11(8-17-12-4-5-12)15(14)18-6-7-20-10-13(18)9-19/h1-3,12-13,17,19H,4-10H2. The second-order valence-corrected chi connectivity index (χ2v) is 5.51. The molecule has 4 nitrogen and oxygen atoms in total. The fourth-order valence-electron chi connectivity index (χ4n) is 2.67. The fraction of sp³-hybridized carbons (Fsp3) is 0.600. The first kappa shape index (κ1) is 13.8. The number of hydrogen-bond donors (Lipinski definition) is 2. The van der Waals surface area contributed by atoms with Crippen molar-refractivity contribution in [3.63, 3.8) is 0 Å². The first-order valence-corrected chi connectivity index (χ1v) is 7.25. The van der Waals surface area contributed by atoms with Gasteiger partial charge in [-0.2, -0.15) is 0 Å². The Morgan fingerprint density at radius 1 is 1.40 bits per heavy atom. The molecule has 1 saturated heterocycles. The van der Waals surface area contributed by atoms with Crippen LogP contribution >= 0.6 is 0 Å². The van der Waals surface area contributed by atoms with Gasteiger partial charge in [0, 0.05) is 19.1 Å². The molecule has 0 amide bonds. The van der Waals surface area contributed by atoms with Gasteiger partial charge in [-0.05, 0) is 24.5 Å². The van der Waals surface area contributed by atoms with Crippen LogP contribution in [0.1, 0.15) is 18.4 Å². The van der Waals surface area contributed by atoms with Gasteiger partial charge in [0.25, 0.3) is 0 Å². The van der Waals surface area contributed by atoms with Crippen molar-refractivity contribution in [1.29, 1.82) is 0 Å². The topological polar surface area (TPSA) is 44.7 Å². The number of morpholine rings is 1. The zero-order chi connectivity index (χ0) is 13.9. The number of rotatable bonds is 5. The number of benzene rings is 1. The molecule has 1 aliphatic carbocycles. The van der Waals surface area contributed by atoms with E-state index in [1.54, 1.807) is 6.07 Å². The molecule has 20 heavy (non-hydrogen) atoms. The lowest BCUT2D eigenvalue weighted by Gasteiger charge is -2.37. The van der Waals surface area contributed by atoms with Crippen LogP contribution in [0.4, 0.5) is 10.1 Å². The quantitative estimate of drug-likeness (QED) is 0.853. The van der Waals surface area contributed by atoms with E-state index in [0.717, 1.165) is 5.56 Å². The molecule has 5 heteroatoms. The number of ether oxygens (including phenoxy) is 1. The Hall–Kier alpha value is -1.17. The minimum atomic E-state index is -0.222. The van der Waals surface area contributed by atoms with Crippen LogP contribution in [-0.4, -0.2) is 43.6 Å². The number of nitrogens with zero attached hydrogens (tertiary/aromatic N) is 1. The number of hydrogen-bond acceptors (Lipinski definition) is 4. The molecule has 0 radical (unpaired) electrons. The maximum atomic E-state index is 14.3. The van der Waals surface area contributed by atoms with Gasteiger partial charge in [-0.3, -0.25) is 0 Å². The largest absolute Gasteiger partial charge is 0.394 e. The maximum Gasteiger partial charge on any atom is 0.146 e. The second-order valence-electron chi connectivity index (χ2n) is 5.51. The second kappa shape index (κ2) is 6.08. The Bertz CT molecular complexity index is 465. The normalized spacial score (nSPS) is 23.1. The molecule has 3 rings (SSSR count).